The molecule has 0 fully saturated rings. The number of carbonyl (C=O) groups is 1. The number of hydrogen-bond donors (Lipinski definition) is 2. The van der Waals surface area contributed by atoms with E-state index in [0.717, 1.165) is 41.1 Å². The van der Waals surface area contributed by atoms with Gasteiger partial charge < -0.3 is 5.32 Å². The summed E-state index contributed by atoms with van der Waals surface area (Å²) in [5, 5.41) is 6.04. The number of rotatable bonds is 9. The van der Waals surface area contributed by atoms with Crippen molar-refractivity contribution in [2.45, 2.75) is 44.9 Å². The van der Waals surface area contributed by atoms with Gasteiger partial charge in [0.2, 0.25) is 0 Å². The zero-order chi connectivity index (χ0) is 22.4. The zero-order valence-corrected chi connectivity index (χ0v) is 19.6. The van der Waals surface area contributed by atoms with E-state index in [-0.39, 0.29) is 10.8 Å². The third-order valence-electron chi connectivity index (χ3n) is 4.92. The van der Waals surface area contributed by atoms with Gasteiger partial charge in [0.05, 0.1) is 15.6 Å². The Morgan fingerprint density at radius 1 is 1.03 bits per heavy atom. The Morgan fingerprint density at radius 3 is 2.52 bits per heavy atom. The van der Waals surface area contributed by atoms with Crippen molar-refractivity contribution in [3.63, 3.8) is 0 Å². The highest BCUT2D eigenvalue weighted by Gasteiger charge is 2.19. The summed E-state index contributed by atoms with van der Waals surface area (Å²) in [5.41, 5.74) is 3.47. The van der Waals surface area contributed by atoms with Crippen LogP contribution in [0.4, 0.5) is 5.69 Å². The Kier molecular flexibility index (Phi) is 7.46. The summed E-state index contributed by atoms with van der Waals surface area (Å²) in [7, 11) is -3.80. The summed E-state index contributed by atoms with van der Waals surface area (Å²) in [6.45, 7) is 6.14. The van der Waals surface area contributed by atoms with E-state index < -0.39 is 10.0 Å². The maximum atomic E-state index is 12.8. The lowest BCUT2D eigenvalue weighted by molar-refractivity contribution is 0.0952. The lowest BCUT2D eigenvalue weighted by Crippen LogP contribution is -2.26. The molecule has 164 valence electrons. The molecule has 8 heteroatoms. The van der Waals surface area contributed by atoms with Crippen molar-refractivity contribution < 1.29 is 13.2 Å². The summed E-state index contributed by atoms with van der Waals surface area (Å²) >= 11 is 1.66. The molecule has 0 saturated heterocycles. The molecule has 0 aliphatic heterocycles. The number of thiazole rings is 1. The smallest absolute Gasteiger partial charge is 0.261 e. The largest absolute Gasteiger partial charge is 0.352 e. The second kappa shape index (κ2) is 10.1. The van der Waals surface area contributed by atoms with Crippen molar-refractivity contribution in [2.75, 3.05) is 11.3 Å². The van der Waals surface area contributed by atoms with Gasteiger partial charge in [-0.15, -0.1) is 11.3 Å². The van der Waals surface area contributed by atoms with E-state index in [9.17, 15) is 13.2 Å². The van der Waals surface area contributed by atoms with E-state index in [0.29, 0.717) is 17.8 Å². The number of aromatic nitrogens is 1. The predicted octanol–water partition coefficient (Wildman–Crippen LogP) is 4.62. The van der Waals surface area contributed by atoms with E-state index in [1.807, 2.05) is 31.4 Å². The number of para-hydroxylation sites is 1. The molecule has 1 heterocycles. The Bertz CT molecular complexity index is 1170. The van der Waals surface area contributed by atoms with Crippen molar-refractivity contribution in [1.29, 1.82) is 0 Å². The Balaban J connectivity index is 1.61. The van der Waals surface area contributed by atoms with Crippen molar-refractivity contribution in [1.82, 2.24) is 10.3 Å². The lowest BCUT2D eigenvalue weighted by Gasteiger charge is -2.13. The van der Waals surface area contributed by atoms with Gasteiger partial charge >= 0.3 is 0 Å². The average Bonchev–Trinajstić information content (AvgIpc) is 3.14. The highest BCUT2D eigenvalue weighted by molar-refractivity contribution is 7.92. The molecule has 0 aliphatic carbocycles. The highest BCUT2D eigenvalue weighted by Crippen LogP contribution is 2.21. The van der Waals surface area contributed by atoms with Gasteiger partial charge in [-0.1, -0.05) is 24.3 Å². The maximum Gasteiger partial charge on any atom is 0.261 e. The van der Waals surface area contributed by atoms with Crippen LogP contribution in [0.25, 0.3) is 0 Å². The van der Waals surface area contributed by atoms with Crippen molar-refractivity contribution >= 4 is 33.0 Å². The predicted molar refractivity (Wildman–Crippen MR) is 125 cm³/mol. The summed E-state index contributed by atoms with van der Waals surface area (Å²) in [6.07, 6.45) is 2.66. The third kappa shape index (κ3) is 6.15. The molecule has 0 aliphatic rings. The molecule has 0 saturated carbocycles. The number of amides is 1. The van der Waals surface area contributed by atoms with Gasteiger partial charge in [-0.25, -0.2) is 13.4 Å². The first-order valence-electron chi connectivity index (χ1n) is 10.1. The van der Waals surface area contributed by atoms with Crippen LogP contribution >= 0.6 is 11.3 Å². The molecule has 31 heavy (non-hydrogen) atoms. The van der Waals surface area contributed by atoms with Gasteiger partial charge in [0.25, 0.3) is 15.9 Å². The van der Waals surface area contributed by atoms with E-state index in [1.54, 1.807) is 36.5 Å². The number of nitrogens with one attached hydrogen (secondary N) is 2. The number of anilines is 1. The van der Waals surface area contributed by atoms with Crippen LogP contribution in [0.15, 0.2) is 52.7 Å². The van der Waals surface area contributed by atoms with E-state index >= 15 is 0 Å². The number of sulfonamides is 1. The topological polar surface area (TPSA) is 88.2 Å². The molecule has 2 aromatic carbocycles. The van der Waals surface area contributed by atoms with Gasteiger partial charge in [0.15, 0.2) is 0 Å². The number of hydrogen-bond acceptors (Lipinski definition) is 5. The van der Waals surface area contributed by atoms with Crippen LogP contribution in [-0.4, -0.2) is 25.9 Å². The molecule has 2 N–H and O–H groups in total. The van der Waals surface area contributed by atoms with Gasteiger partial charge in [-0.2, -0.15) is 0 Å². The molecular formula is C23H27N3O3S2. The summed E-state index contributed by atoms with van der Waals surface area (Å²) in [6, 6.07) is 11.8. The van der Waals surface area contributed by atoms with Gasteiger partial charge in [-0.3, -0.25) is 9.52 Å². The van der Waals surface area contributed by atoms with Gasteiger partial charge in [0, 0.05) is 23.2 Å². The summed E-state index contributed by atoms with van der Waals surface area (Å²) in [4.78, 5) is 17.2. The molecule has 0 bridgehead atoms. The molecule has 0 unspecified atom stereocenters. The molecular weight excluding hydrogens is 430 g/mol. The van der Waals surface area contributed by atoms with Crippen molar-refractivity contribution in [2.24, 2.45) is 0 Å². The number of nitrogens with zero attached hydrogens (tertiary/aromatic N) is 1. The molecule has 6 nitrogen and oxygen atoms in total. The molecule has 3 rings (SSSR count). The average molecular weight is 458 g/mol. The number of aryl methyl sites for hydroxylation is 4. The lowest BCUT2D eigenvalue weighted by atomic mass is 10.1. The Hall–Kier alpha value is -2.71. The number of benzene rings is 2. The first-order chi connectivity index (χ1) is 14.8. The van der Waals surface area contributed by atoms with Crippen LogP contribution < -0.4 is 10.0 Å². The fraction of sp³-hybridized carbons (Fsp3) is 0.304. The normalized spacial score (nSPS) is 11.3. The van der Waals surface area contributed by atoms with Crippen LogP contribution in [0.2, 0.25) is 0 Å². The second-order valence-electron chi connectivity index (χ2n) is 7.49. The highest BCUT2D eigenvalue weighted by atomic mass is 32.2. The van der Waals surface area contributed by atoms with Gasteiger partial charge in [-0.05, 0) is 69.4 Å². The van der Waals surface area contributed by atoms with Crippen LogP contribution in [0.1, 0.15) is 45.0 Å². The van der Waals surface area contributed by atoms with E-state index in [2.05, 4.69) is 15.0 Å². The van der Waals surface area contributed by atoms with Crippen LogP contribution in [-0.2, 0) is 16.4 Å². The minimum absolute atomic E-state index is 0.0608. The van der Waals surface area contributed by atoms with Gasteiger partial charge in [0.1, 0.15) is 0 Å². The summed E-state index contributed by atoms with van der Waals surface area (Å²) in [5.74, 6) is -0.268. The maximum absolute atomic E-state index is 12.8. The van der Waals surface area contributed by atoms with E-state index in [1.165, 1.54) is 12.1 Å². The molecule has 0 spiro atoms. The quantitative estimate of drug-likeness (QED) is 0.459. The fourth-order valence-electron chi connectivity index (χ4n) is 3.12. The monoisotopic (exact) mass is 457 g/mol. The number of carbonyl (C=O) groups excluding carboxylic acids is 1. The molecule has 0 atom stereocenters. The minimum atomic E-state index is -3.80. The van der Waals surface area contributed by atoms with Crippen LogP contribution in [0.5, 0.6) is 0 Å². The third-order valence-corrected chi connectivity index (χ3v) is 7.31. The van der Waals surface area contributed by atoms with Crippen LogP contribution in [0, 0.1) is 20.8 Å². The minimum Gasteiger partial charge on any atom is -0.352 e. The summed E-state index contributed by atoms with van der Waals surface area (Å²) < 4.78 is 28.3. The second-order valence-corrected chi connectivity index (χ2v) is 10.1. The molecule has 0 radical (unpaired) electrons. The Labute approximate surface area is 187 Å². The Morgan fingerprint density at radius 2 is 1.81 bits per heavy atom. The van der Waals surface area contributed by atoms with Crippen LogP contribution in [0.3, 0.4) is 0 Å². The zero-order valence-electron chi connectivity index (χ0n) is 17.9. The SMILES string of the molecule is Cc1csc(CCCCNC(=O)c2cc(S(=O)(=O)Nc3ccccc3C)ccc2C)n1. The fourth-order valence-corrected chi connectivity index (χ4v) is 5.09. The van der Waals surface area contributed by atoms with E-state index in [4.69, 9.17) is 0 Å². The first kappa shape index (κ1) is 23.0. The first-order valence-corrected chi connectivity index (χ1v) is 12.5. The number of unbranched alkanes of at least 4 members (excludes halogenated alkanes) is 1. The molecule has 1 aromatic heterocycles. The molecule has 3 aromatic rings. The standard InChI is InChI=1S/C23H27N3O3S2/c1-16-11-12-19(31(28,29)26-21-9-5-4-8-17(21)2)14-20(16)23(27)24-13-7-6-10-22-25-18(3)15-30-22/h4-5,8-9,11-12,14-15,26H,6-7,10,13H2,1-3H3,(H,24,27). The van der Waals surface area contributed by atoms with Crippen molar-refractivity contribution in [3.8, 4) is 0 Å². The van der Waals surface area contributed by atoms with Crippen molar-refractivity contribution in [3.05, 3.63) is 75.2 Å². The molecule has 1 amide bonds.